The van der Waals surface area contributed by atoms with E-state index < -0.39 is 17.3 Å². The summed E-state index contributed by atoms with van der Waals surface area (Å²) in [4.78, 5) is 12.0. The monoisotopic (exact) mass is 348 g/mol. The van der Waals surface area contributed by atoms with Gasteiger partial charge in [-0.3, -0.25) is 0 Å². The normalized spacial score (nSPS) is 53.8. The van der Waals surface area contributed by atoms with Crippen LogP contribution in [0.4, 0.5) is 0 Å². The summed E-state index contributed by atoms with van der Waals surface area (Å²) >= 11 is 0. The number of epoxide rings is 1. The van der Waals surface area contributed by atoms with Crippen LogP contribution in [0.1, 0.15) is 47.0 Å². The van der Waals surface area contributed by atoms with Crippen LogP contribution in [0.15, 0.2) is 11.1 Å². The van der Waals surface area contributed by atoms with E-state index in [2.05, 4.69) is 20.8 Å². The van der Waals surface area contributed by atoms with Crippen LogP contribution in [0, 0.1) is 23.2 Å². The van der Waals surface area contributed by atoms with E-state index in [4.69, 9.17) is 14.2 Å². The number of carbonyl (C=O) groups is 1. The molecule has 1 saturated carbocycles. The molecule has 138 valence electrons. The van der Waals surface area contributed by atoms with Crippen molar-refractivity contribution in [2.24, 2.45) is 23.2 Å². The minimum Gasteiger partial charge on any atom is -0.458 e. The zero-order chi connectivity index (χ0) is 17.8. The Morgan fingerprint density at radius 1 is 1.28 bits per heavy atom. The second-order valence-corrected chi connectivity index (χ2v) is 9.40. The Hall–Kier alpha value is -0.910. The molecule has 1 spiro atoms. The van der Waals surface area contributed by atoms with Crippen molar-refractivity contribution in [2.45, 2.75) is 70.4 Å². The van der Waals surface area contributed by atoms with Gasteiger partial charge >= 0.3 is 5.97 Å². The third kappa shape index (κ3) is 1.64. The maximum absolute atomic E-state index is 12.0. The molecule has 1 N–H and O–H groups in total. The number of ether oxygens (including phenoxy) is 3. The van der Waals surface area contributed by atoms with Crippen LogP contribution >= 0.6 is 0 Å². The molecule has 7 atom stereocenters. The molecule has 5 heteroatoms. The lowest BCUT2D eigenvalue weighted by Crippen LogP contribution is -2.72. The molecule has 2 saturated heterocycles. The molecule has 0 aromatic rings. The second-order valence-electron chi connectivity index (χ2n) is 9.40. The Labute approximate surface area is 148 Å². The van der Waals surface area contributed by atoms with E-state index >= 15 is 0 Å². The predicted octanol–water partition coefficient (Wildman–Crippen LogP) is 2.22. The molecule has 2 aliphatic carbocycles. The van der Waals surface area contributed by atoms with Gasteiger partial charge < -0.3 is 19.3 Å². The fraction of sp³-hybridized carbons (Fsp3) is 0.850. The van der Waals surface area contributed by atoms with Crippen molar-refractivity contribution in [3.8, 4) is 0 Å². The topological polar surface area (TPSA) is 68.3 Å². The maximum atomic E-state index is 12.0. The number of carbonyl (C=O) groups excluding carboxylic acids is 1. The van der Waals surface area contributed by atoms with E-state index in [1.165, 1.54) is 0 Å². The molecule has 3 aliphatic heterocycles. The lowest BCUT2D eigenvalue weighted by molar-refractivity contribution is -0.255. The molecule has 3 fully saturated rings. The van der Waals surface area contributed by atoms with Gasteiger partial charge in [-0.15, -0.1) is 0 Å². The summed E-state index contributed by atoms with van der Waals surface area (Å²) in [7, 11) is 0. The van der Waals surface area contributed by atoms with Gasteiger partial charge in [0.25, 0.3) is 0 Å². The van der Waals surface area contributed by atoms with E-state index in [1.54, 1.807) is 0 Å². The number of fused-ring (bicyclic) bond motifs is 2. The van der Waals surface area contributed by atoms with Gasteiger partial charge in [0.2, 0.25) is 0 Å². The lowest BCUT2D eigenvalue weighted by atomic mass is 9.49. The van der Waals surface area contributed by atoms with Gasteiger partial charge in [0, 0.05) is 16.9 Å². The van der Waals surface area contributed by atoms with Crippen molar-refractivity contribution in [2.75, 3.05) is 13.2 Å². The van der Waals surface area contributed by atoms with Gasteiger partial charge in [-0.1, -0.05) is 20.8 Å². The molecule has 0 aromatic carbocycles. The quantitative estimate of drug-likeness (QED) is 0.581. The van der Waals surface area contributed by atoms with Gasteiger partial charge in [-0.2, -0.15) is 0 Å². The van der Waals surface area contributed by atoms with E-state index in [1.807, 2.05) is 6.92 Å². The average Bonchev–Trinajstić information content (AvgIpc) is 3.20. The molecule has 0 radical (unpaired) electrons. The zero-order valence-corrected chi connectivity index (χ0v) is 15.5. The number of esters is 1. The van der Waals surface area contributed by atoms with Crippen molar-refractivity contribution < 1.29 is 24.1 Å². The molecule has 3 heterocycles. The second kappa shape index (κ2) is 4.68. The zero-order valence-electron chi connectivity index (χ0n) is 15.5. The first-order chi connectivity index (χ1) is 11.8. The smallest absolute Gasteiger partial charge is 0.334 e. The van der Waals surface area contributed by atoms with Gasteiger partial charge in [0.1, 0.15) is 17.8 Å². The van der Waals surface area contributed by atoms with Gasteiger partial charge in [0.15, 0.2) is 0 Å². The van der Waals surface area contributed by atoms with Crippen LogP contribution in [0.25, 0.3) is 0 Å². The molecule has 5 nitrogen and oxygen atoms in total. The van der Waals surface area contributed by atoms with E-state index in [9.17, 15) is 9.90 Å². The van der Waals surface area contributed by atoms with Crippen molar-refractivity contribution >= 4 is 5.97 Å². The van der Waals surface area contributed by atoms with Crippen LogP contribution in [0.3, 0.4) is 0 Å². The Kier molecular flexibility index (Phi) is 3.04. The molecule has 7 unspecified atom stereocenters. The fourth-order valence-corrected chi connectivity index (χ4v) is 6.70. The highest BCUT2D eigenvalue weighted by Gasteiger charge is 2.83. The van der Waals surface area contributed by atoms with Crippen molar-refractivity contribution in [3.05, 3.63) is 11.1 Å². The Bertz CT molecular complexity index is 684. The summed E-state index contributed by atoms with van der Waals surface area (Å²) in [5, 5.41) is 11.2. The SMILES string of the molecule is CC(C)C1CC2OC23C2(C)CCC4=C(COC4=O)C2COC3(C)C1O. The molecular formula is C20H28O5. The number of cyclic esters (lactones) is 1. The average molecular weight is 348 g/mol. The summed E-state index contributed by atoms with van der Waals surface area (Å²) < 4.78 is 18.2. The van der Waals surface area contributed by atoms with Crippen LogP contribution in [0.5, 0.6) is 0 Å². The van der Waals surface area contributed by atoms with Crippen LogP contribution < -0.4 is 0 Å². The summed E-state index contributed by atoms with van der Waals surface area (Å²) in [5.41, 5.74) is 0.722. The minimum absolute atomic E-state index is 0.125. The molecule has 5 aliphatic rings. The van der Waals surface area contributed by atoms with E-state index in [0.29, 0.717) is 19.1 Å². The van der Waals surface area contributed by atoms with Crippen molar-refractivity contribution in [1.29, 1.82) is 0 Å². The summed E-state index contributed by atoms with van der Waals surface area (Å²) in [5.74, 6) is 0.577. The lowest BCUT2D eigenvalue weighted by Gasteiger charge is -2.60. The largest absolute Gasteiger partial charge is 0.458 e. The van der Waals surface area contributed by atoms with Crippen LogP contribution in [0.2, 0.25) is 0 Å². The van der Waals surface area contributed by atoms with Crippen molar-refractivity contribution in [3.63, 3.8) is 0 Å². The standard InChI is InChI=1S/C20H28O5/c1-10(2)12-7-15-20(25-15)18(3)6-5-11-13(8-23-17(11)22)14(18)9-24-19(20,4)16(12)21/h10,12,14-16,21H,5-9H2,1-4H3. The maximum Gasteiger partial charge on any atom is 0.334 e. The summed E-state index contributed by atoms with van der Waals surface area (Å²) in [6.45, 7) is 9.59. The minimum atomic E-state index is -0.683. The Balaban J connectivity index is 1.58. The van der Waals surface area contributed by atoms with Crippen molar-refractivity contribution in [1.82, 2.24) is 0 Å². The molecular weight excluding hydrogens is 320 g/mol. The first-order valence-electron chi connectivity index (χ1n) is 9.65. The number of hydrogen-bond donors (Lipinski definition) is 1. The highest BCUT2D eigenvalue weighted by molar-refractivity contribution is 5.92. The fourth-order valence-electron chi connectivity index (χ4n) is 6.70. The van der Waals surface area contributed by atoms with Gasteiger partial charge in [0.05, 0.1) is 18.8 Å². The third-order valence-electron chi connectivity index (χ3n) is 8.25. The molecule has 5 rings (SSSR count). The number of aliphatic hydroxyl groups is 1. The van der Waals surface area contributed by atoms with Crippen LogP contribution in [-0.4, -0.2) is 47.7 Å². The first kappa shape index (κ1) is 16.3. The van der Waals surface area contributed by atoms with Gasteiger partial charge in [-0.05, 0) is 43.6 Å². The molecule has 0 bridgehead atoms. The first-order valence-corrected chi connectivity index (χ1v) is 9.65. The molecule has 0 amide bonds. The Morgan fingerprint density at radius 3 is 2.76 bits per heavy atom. The van der Waals surface area contributed by atoms with Crippen LogP contribution in [-0.2, 0) is 19.0 Å². The van der Waals surface area contributed by atoms with E-state index in [0.717, 1.165) is 30.4 Å². The molecule has 25 heavy (non-hydrogen) atoms. The molecule has 0 aromatic heterocycles. The highest BCUT2D eigenvalue weighted by atomic mass is 16.7. The number of aliphatic hydroxyl groups excluding tert-OH is 1. The Morgan fingerprint density at radius 2 is 2.04 bits per heavy atom. The third-order valence-corrected chi connectivity index (χ3v) is 8.25. The summed E-state index contributed by atoms with van der Waals surface area (Å²) in [6.07, 6.45) is 2.14. The number of rotatable bonds is 1. The van der Waals surface area contributed by atoms with E-state index in [-0.39, 0.29) is 29.3 Å². The van der Waals surface area contributed by atoms with Gasteiger partial charge in [-0.25, -0.2) is 4.79 Å². The highest BCUT2D eigenvalue weighted by Crippen LogP contribution is 2.72. The number of hydrogen-bond acceptors (Lipinski definition) is 5. The predicted molar refractivity (Wildman–Crippen MR) is 89.7 cm³/mol. The summed E-state index contributed by atoms with van der Waals surface area (Å²) in [6, 6.07) is 0.